The van der Waals surface area contributed by atoms with E-state index in [1.54, 1.807) is 38.1 Å². The second-order valence-corrected chi connectivity index (χ2v) is 14.9. The smallest absolute Gasteiger partial charge is 0.416 e. The minimum atomic E-state index is -4.63. The predicted molar refractivity (Wildman–Crippen MR) is 189 cm³/mol. The Labute approximate surface area is 303 Å². The minimum Gasteiger partial charge on any atom is -0.508 e. The summed E-state index contributed by atoms with van der Waals surface area (Å²) in [6.07, 6.45) is -9.26. The van der Waals surface area contributed by atoms with E-state index < -0.39 is 53.3 Å². The number of benzene rings is 5. The highest BCUT2D eigenvalue weighted by molar-refractivity contribution is 7.93. The van der Waals surface area contributed by atoms with Gasteiger partial charge < -0.3 is 9.84 Å². The number of phenolic OH excluding ortho intramolecular Hbond substituents is 1. The highest BCUT2D eigenvalue weighted by Crippen LogP contribution is 2.34. The summed E-state index contributed by atoms with van der Waals surface area (Å²) < 4.78 is 136. The first-order valence-electron chi connectivity index (χ1n) is 15.8. The van der Waals surface area contributed by atoms with Crippen molar-refractivity contribution in [3.8, 4) is 11.5 Å². The number of nitrogens with zero attached hydrogens (tertiary/aromatic N) is 2. The van der Waals surface area contributed by atoms with Gasteiger partial charge in [-0.05, 0) is 80.1 Å². The quantitative estimate of drug-likeness (QED) is 0.134. The standard InChI is InChI=1S/C22H20F3NO3S.C15H14F3NO3S/c1-2-26(30(27,28)21-13-6-10-18(14-21)22(23,24)25)19-11-7-12-20(15-19)29-16-17-8-4-3-5-9-17;1-2-19(12-6-4-7-13(20)10-12)23(21,22)14-8-3-5-11(9-14)15(16,17)18/h3-15H,2,16H2,1H3;3-10,20H,2H2,1H3. The number of phenols is 1. The molecule has 5 aromatic carbocycles. The average molecular weight is 781 g/mol. The highest BCUT2D eigenvalue weighted by Gasteiger charge is 2.34. The van der Waals surface area contributed by atoms with E-state index in [1.165, 1.54) is 24.3 Å². The summed E-state index contributed by atoms with van der Waals surface area (Å²) >= 11 is 0. The van der Waals surface area contributed by atoms with E-state index in [1.807, 2.05) is 30.3 Å². The normalized spacial score (nSPS) is 12.0. The Bertz CT molecular complexity index is 2220. The van der Waals surface area contributed by atoms with Crippen molar-refractivity contribution in [3.63, 3.8) is 0 Å². The molecule has 0 saturated heterocycles. The van der Waals surface area contributed by atoms with Gasteiger partial charge in [0, 0.05) is 25.2 Å². The second kappa shape index (κ2) is 16.6. The molecular weight excluding hydrogens is 747 g/mol. The number of alkyl halides is 6. The van der Waals surface area contributed by atoms with Crippen molar-refractivity contribution in [1.82, 2.24) is 0 Å². The maximum absolute atomic E-state index is 13.1. The lowest BCUT2D eigenvalue weighted by Crippen LogP contribution is -2.31. The Kier molecular flexibility index (Phi) is 12.7. The van der Waals surface area contributed by atoms with Gasteiger partial charge in [-0.25, -0.2) is 16.8 Å². The van der Waals surface area contributed by atoms with Crippen LogP contribution in [0.2, 0.25) is 0 Å². The molecule has 16 heteroatoms. The van der Waals surface area contributed by atoms with E-state index in [2.05, 4.69) is 0 Å². The van der Waals surface area contributed by atoms with Crippen molar-refractivity contribution in [2.24, 2.45) is 0 Å². The van der Waals surface area contributed by atoms with E-state index in [4.69, 9.17) is 4.74 Å². The lowest BCUT2D eigenvalue weighted by molar-refractivity contribution is -0.138. The summed E-state index contributed by atoms with van der Waals surface area (Å²) in [5, 5.41) is 9.47. The second-order valence-electron chi connectivity index (χ2n) is 11.2. The number of sulfonamides is 2. The Hall–Kier alpha value is -5.22. The molecule has 0 amide bonds. The van der Waals surface area contributed by atoms with E-state index in [0.717, 1.165) is 50.6 Å². The van der Waals surface area contributed by atoms with Crippen LogP contribution in [-0.4, -0.2) is 35.0 Å². The molecule has 0 spiro atoms. The maximum atomic E-state index is 13.1. The van der Waals surface area contributed by atoms with Crippen molar-refractivity contribution in [2.45, 2.75) is 42.6 Å². The summed E-state index contributed by atoms with van der Waals surface area (Å²) in [4.78, 5) is -0.882. The Morgan fingerprint density at radius 3 is 1.47 bits per heavy atom. The van der Waals surface area contributed by atoms with Crippen molar-refractivity contribution < 1.29 is 53.0 Å². The predicted octanol–water partition coefficient (Wildman–Crippen LogP) is 9.13. The van der Waals surface area contributed by atoms with Gasteiger partial charge in [-0.1, -0.05) is 54.6 Å². The molecule has 0 aromatic heterocycles. The number of rotatable bonds is 11. The van der Waals surface area contributed by atoms with Gasteiger partial charge in [-0.2, -0.15) is 26.3 Å². The molecule has 0 aliphatic carbocycles. The van der Waals surface area contributed by atoms with Gasteiger partial charge in [0.05, 0.1) is 32.3 Å². The zero-order valence-corrected chi connectivity index (χ0v) is 29.8. The number of aromatic hydroxyl groups is 1. The monoisotopic (exact) mass is 780 g/mol. The van der Waals surface area contributed by atoms with Gasteiger partial charge in [0.2, 0.25) is 0 Å². The average Bonchev–Trinajstić information content (AvgIpc) is 3.11. The fourth-order valence-corrected chi connectivity index (χ4v) is 8.04. The van der Waals surface area contributed by atoms with Crippen LogP contribution in [0.4, 0.5) is 37.7 Å². The van der Waals surface area contributed by atoms with E-state index in [9.17, 15) is 48.3 Å². The van der Waals surface area contributed by atoms with Crippen LogP contribution in [-0.2, 0) is 39.0 Å². The molecular formula is C37H34F6N2O6S2. The molecule has 5 aromatic rings. The molecule has 0 radical (unpaired) electrons. The Balaban J connectivity index is 0.000000245. The van der Waals surface area contributed by atoms with Crippen LogP contribution < -0.4 is 13.3 Å². The van der Waals surface area contributed by atoms with Crippen molar-refractivity contribution >= 4 is 31.4 Å². The molecule has 0 atom stereocenters. The molecule has 0 fully saturated rings. The third-order valence-electron chi connectivity index (χ3n) is 7.54. The van der Waals surface area contributed by atoms with Crippen LogP contribution in [0.3, 0.4) is 0 Å². The first-order valence-corrected chi connectivity index (χ1v) is 18.7. The molecule has 282 valence electrons. The summed E-state index contributed by atoms with van der Waals surface area (Å²) in [6, 6.07) is 28.7. The van der Waals surface area contributed by atoms with Crippen LogP contribution >= 0.6 is 0 Å². The lowest BCUT2D eigenvalue weighted by Gasteiger charge is -2.24. The van der Waals surface area contributed by atoms with Gasteiger partial charge >= 0.3 is 12.4 Å². The zero-order valence-electron chi connectivity index (χ0n) is 28.2. The number of halogens is 6. The number of ether oxygens (including phenoxy) is 1. The summed E-state index contributed by atoms with van der Waals surface area (Å²) in [5.41, 5.74) is -0.623. The zero-order chi connectivity index (χ0) is 39.0. The van der Waals surface area contributed by atoms with Gasteiger partial charge in [-0.15, -0.1) is 0 Å². The van der Waals surface area contributed by atoms with Crippen LogP contribution in [0, 0.1) is 0 Å². The summed E-state index contributed by atoms with van der Waals surface area (Å²) in [7, 11) is -8.37. The summed E-state index contributed by atoms with van der Waals surface area (Å²) in [5.74, 6) is 0.314. The number of hydrogen-bond acceptors (Lipinski definition) is 6. The SMILES string of the molecule is CCN(c1cccc(O)c1)S(=O)(=O)c1cccc(C(F)(F)F)c1.CCN(c1cccc(OCc2ccccc2)c1)S(=O)(=O)c1cccc(C(F)(F)F)c1. The van der Waals surface area contributed by atoms with Crippen molar-refractivity contribution in [2.75, 3.05) is 21.7 Å². The Morgan fingerprint density at radius 2 is 1.02 bits per heavy atom. The molecule has 0 aliphatic heterocycles. The molecule has 0 bridgehead atoms. The minimum absolute atomic E-state index is 0.00202. The van der Waals surface area contributed by atoms with Crippen LogP contribution in [0.1, 0.15) is 30.5 Å². The summed E-state index contributed by atoms with van der Waals surface area (Å²) in [6.45, 7) is 3.51. The van der Waals surface area contributed by atoms with Gasteiger partial charge in [0.15, 0.2) is 0 Å². The molecule has 5 rings (SSSR count). The fraction of sp³-hybridized carbons (Fsp3) is 0.189. The van der Waals surface area contributed by atoms with Gasteiger partial charge in [0.25, 0.3) is 20.0 Å². The first kappa shape index (κ1) is 40.5. The molecule has 0 heterocycles. The van der Waals surface area contributed by atoms with Crippen LogP contribution in [0.15, 0.2) is 137 Å². The molecule has 1 N–H and O–H groups in total. The van der Waals surface area contributed by atoms with Crippen LogP contribution in [0.25, 0.3) is 0 Å². The lowest BCUT2D eigenvalue weighted by atomic mass is 10.2. The largest absolute Gasteiger partial charge is 0.508 e. The topological polar surface area (TPSA) is 104 Å². The molecule has 0 unspecified atom stereocenters. The number of hydrogen-bond donors (Lipinski definition) is 1. The third kappa shape index (κ3) is 10.2. The van der Waals surface area contributed by atoms with Gasteiger partial charge in [-0.3, -0.25) is 8.61 Å². The number of anilines is 2. The molecule has 8 nitrogen and oxygen atoms in total. The molecule has 0 saturated carbocycles. The van der Waals surface area contributed by atoms with Crippen LogP contribution in [0.5, 0.6) is 11.5 Å². The highest BCUT2D eigenvalue weighted by atomic mass is 32.2. The van der Waals surface area contributed by atoms with Gasteiger partial charge in [0.1, 0.15) is 18.1 Å². The van der Waals surface area contributed by atoms with E-state index in [-0.39, 0.29) is 24.5 Å². The fourth-order valence-electron chi connectivity index (χ4n) is 5.02. The van der Waals surface area contributed by atoms with Crippen molar-refractivity contribution in [3.05, 3.63) is 144 Å². The third-order valence-corrected chi connectivity index (χ3v) is 11.3. The molecule has 0 aliphatic rings. The first-order chi connectivity index (χ1) is 24.9. The maximum Gasteiger partial charge on any atom is 0.416 e. The molecule has 53 heavy (non-hydrogen) atoms. The van der Waals surface area contributed by atoms with E-state index >= 15 is 0 Å². The van der Waals surface area contributed by atoms with Crippen molar-refractivity contribution in [1.29, 1.82) is 0 Å². The Morgan fingerprint density at radius 1 is 0.566 bits per heavy atom. The van der Waals surface area contributed by atoms with E-state index in [0.29, 0.717) is 30.2 Å².